The normalized spacial score (nSPS) is 10.2. The van der Waals surface area contributed by atoms with Crippen LogP contribution < -0.4 is 5.32 Å². The second-order valence-electron chi connectivity index (χ2n) is 4.42. The number of nitrogens with one attached hydrogen (secondary N) is 1. The molecule has 1 heterocycles. The number of benzene rings is 1. The van der Waals surface area contributed by atoms with Crippen molar-refractivity contribution in [3.63, 3.8) is 0 Å². The standard InChI is InChI=1S/C16H18N2OS/c1-20-15-7-3-2-6-14(15)16(19)18-10-4-5-13-8-11-17-12-9-13/h2-3,6-9,11-12H,4-5,10H2,1H3,(H,18,19). The third kappa shape index (κ3) is 4.10. The van der Waals surface area contributed by atoms with Crippen LogP contribution in [0.25, 0.3) is 0 Å². The Balaban J connectivity index is 1.81. The number of pyridine rings is 1. The zero-order chi connectivity index (χ0) is 14.2. The van der Waals surface area contributed by atoms with Crippen LogP contribution in [0.2, 0.25) is 0 Å². The molecule has 1 aromatic carbocycles. The van der Waals surface area contributed by atoms with E-state index in [1.807, 2.05) is 42.7 Å². The Morgan fingerprint density at radius 1 is 1.20 bits per heavy atom. The van der Waals surface area contributed by atoms with Gasteiger partial charge in [0.25, 0.3) is 5.91 Å². The molecule has 2 aromatic rings. The van der Waals surface area contributed by atoms with E-state index in [2.05, 4.69) is 10.3 Å². The van der Waals surface area contributed by atoms with Crippen molar-refractivity contribution in [1.82, 2.24) is 10.3 Å². The predicted molar refractivity (Wildman–Crippen MR) is 83.1 cm³/mol. The first-order chi connectivity index (χ1) is 9.81. The lowest BCUT2D eigenvalue weighted by Gasteiger charge is -2.08. The zero-order valence-electron chi connectivity index (χ0n) is 11.5. The predicted octanol–water partition coefficient (Wildman–Crippen LogP) is 3.17. The van der Waals surface area contributed by atoms with E-state index in [-0.39, 0.29) is 5.91 Å². The van der Waals surface area contributed by atoms with Gasteiger partial charge in [-0.2, -0.15) is 0 Å². The minimum atomic E-state index is 0.00433. The summed E-state index contributed by atoms with van der Waals surface area (Å²) in [5.74, 6) is 0.00433. The molecule has 1 N–H and O–H groups in total. The van der Waals surface area contributed by atoms with Crippen LogP contribution in [0.1, 0.15) is 22.3 Å². The molecule has 1 aromatic heterocycles. The maximum absolute atomic E-state index is 12.1. The number of amides is 1. The molecule has 20 heavy (non-hydrogen) atoms. The summed E-state index contributed by atoms with van der Waals surface area (Å²) in [5.41, 5.74) is 2.00. The van der Waals surface area contributed by atoms with Gasteiger partial charge in [0.15, 0.2) is 0 Å². The van der Waals surface area contributed by atoms with E-state index in [4.69, 9.17) is 0 Å². The van der Waals surface area contributed by atoms with E-state index in [0.29, 0.717) is 6.54 Å². The summed E-state index contributed by atoms with van der Waals surface area (Å²) in [6, 6.07) is 11.7. The van der Waals surface area contributed by atoms with Gasteiger partial charge in [0.2, 0.25) is 0 Å². The first-order valence-corrected chi connectivity index (χ1v) is 7.84. The van der Waals surface area contributed by atoms with Gasteiger partial charge >= 0.3 is 0 Å². The van der Waals surface area contributed by atoms with Crippen molar-refractivity contribution < 1.29 is 4.79 Å². The third-order valence-corrected chi connectivity index (χ3v) is 3.82. The Morgan fingerprint density at radius 3 is 2.70 bits per heavy atom. The highest BCUT2D eigenvalue weighted by molar-refractivity contribution is 7.98. The number of carbonyl (C=O) groups is 1. The molecule has 0 saturated heterocycles. The van der Waals surface area contributed by atoms with Gasteiger partial charge in [-0.3, -0.25) is 9.78 Å². The Kier molecular flexibility index (Phi) is 5.62. The lowest BCUT2D eigenvalue weighted by Crippen LogP contribution is -2.25. The SMILES string of the molecule is CSc1ccccc1C(=O)NCCCc1ccncc1. The lowest BCUT2D eigenvalue weighted by atomic mass is 10.1. The fraction of sp³-hybridized carbons (Fsp3) is 0.250. The molecule has 0 saturated carbocycles. The minimum Gasteiger partial charge on any atom is -0.352 e. The molecule has 0 bridgehead atoms. The average Bonchev–Trinajstić information content (AvgIpc) is 2.52. The highest BCUT2D eigenvalue weighted by Gasteiger charge is 2.09. The largest absolute Gasteiger partial charge is 0.352 e. The van der Waals surface area contributed by atoms with Crippen LogP contribution in [-0.4, -0.2) is 23.7 Å². The Hall–Kier alpha value is -1.81. The molecule has 104 valence electrons. The molecule has 0 aliphatic carbocycles. The molecule has 0 atom stereocenters. The molecule has 0 fully saturated rings. The summed E-state index contributed by atoms with van der Waals surface area (Å²) in [6.45, 7) is 0.684. The van der Waals surface area contributed by atoms with Gasteiger partial charge in [-0.05, 0) is 48.9 Å². The van der Waals surface area contributed by atoms with Gasteiger partial charge in [0.05, 0.1) is 5.56 Å². The number of nitrogens with zero attached hydrogens (tertiary/aromatic N) is 1. The molecule has 0 aliphatic heterocycles. The van der Waals surface area contributed by atoms with Gasteiger partial charge in [0.1, 0.15) is 0 Å². The third-order valence-electron chi connectivity index (χ3n) is 3.03. The van der Waals surface area contributed by atoms with Gasteiger partial charge in [0, 0.05) is 23.8 Å². The summed E-state index contributed by atoms with van der Waals surface area (Å²) in [6.07, 6.45) is 7.45. The van der Waals surface area contributed by atoms with Crippen molar-refractivity contribution in [2.24, 2.45) is 0 Å². The summed E-state index contributed by atoms with van der Waals surface area (Å²) < 4.78 is 0. The summed E-state index contributed by atoms with van der Waals surface area (Å²) in [5, 5.41) is 2.98. The molecule has 2 rings (SSSR count). The molecule has 3 nitrogen and oxygen atoms in total. The van der Waals surface area contributed by atoms with Crippen LogP contribution in [0, 0.1) is 0 Å². The number of aromatic nitrogens is 1. The number of aryl methyl sites for hydroxylation is 1. The first kappa shape index (κ1) is 14.6. The van der Waals surface area contributed by atoms with E-state index in [9.17, 15) is 4.79 Å². The van der Waals surface area contributed by atoms with E-state index in [0.717, 1.165) is 23.3 Å². The molecule has 4 heteroatoms. The molecule has 1 amide bonds. The van der Waals surface area contributed by atoms with Crippen LogP contribution in [-0.2, 0) is 6.42 Å². The zero-order valence-corrected chi connectivity index (χ0v) is 12.3. The summed E-state index contributed by atoms with van der Waals surface area (Å²) in [4.78, 5) is 17.1. The molecular weight excluding hydrogens is 268 g/mol. The number of carbonyl (C=O) groups excluding carboxylic acids is 1. The van der Waals surface area contributed by atoms with Crippen LogP contribution in [0.3, 0.4) is 0 Å². The van der Waals surface area contributed by atoms with Gasteiger partial charge < -0.3 is 5.32 Å². The molecule has 0 aliphatic rings. The summed E-state index contributed by atoms with van der Waals surface area (Å²) >= 11 is 1.59. The average molecular weight is 286 g/mol. The van der Waals surface area contributed by atoms with Crippen molar-refractivity contribution in [2.45, 2.75) is 17.7 Å². The smallest absolute Gasteiger partial charge is 0.252 e. The number of thioether (sulfide) groups is 1. The maximum atomic E-state index is 12.1. The first-order valence-electron chi connectivity index (χ1n) is 6.61. The summed E-state index contributed by atoms with van der Waals surface area (Å²) in [7, 11) is 0. The van der Waals surface area contributed by atoms with Crippen LogP contribution in [0.4, 0.5) is 0 Å². The quantitative estimate of drug-likeness (QED) is 0.655. The van der Waals surface area contributed by atoms with Crippen molar-refractivity contribution in [3.8, 4) is 0 Å². The number of rotatable bonds is 6. The lowest BCUT2D eigenvalue weighted by molar-refractivity contribution is 0.0950. The van der Waals surface area contributed by atoms with Crippen molar-refractivity contribution in [1.29, 1.82) is 0 Å². The monoisotopic (exact) mass is 286 g/mol. The van der Waals surface area contributed by atoms with Gasteiger partial charge in [-0.15, -0.1) is 11.8 Å². The van der Waals surface area contributed by atoms with Gasteiger partial charge in [-0.1, -0.05) is 12.1 Å². The fourth-order valence-electron chi connectivity index (χ4n) is 1.97. The van der Waals surface area contributed by atoms with Crippen LogP contribution in [0.15, 0.2) is 53.7 Å². The number of hydrogen-bond donors (Lipinski definition) is 1. The van der Waals surface area contributed by atoms with Crippen molar-refractivity contribution in [2.75, 3.05) is 12.8 Å². The second kappa shape index (κ2) is 7.70. The highest BCUT2D eigenvalue weighted by Crippen LogP contribution is 2.19. The molecule has 0 spiro atoms. The van der Waals surface area contributed by atoms with Crippen LogP contribution >= 0.6 is 11.8 Å². The maximum Gasteiger partial charge on any atom is 0.252 e. The minimum absolute atomic E-state index is 0.00433. The molecule has 0 unspecified atom stereocenters. The van der Waals surface area contributed by atoms with Crippen LogP contribution in [0.5, 0.6) is 0 Å². The van der Waals surface area contributed by atoms with Crippen molar-refractivity contribution in [3.05, 3.63) is 59.9 Å². The van der Waals surface area contributed by atoms with Crippen molar-refractivity contribution >= 4 is 17.7 Å². The Morgan fingerprint density at radius 2 is 1.95 bits per heavy atom. The number of hydrogen-bond acceptors (Lipinski definition) is 3. The second-order valence-corrected chi connectivity index (χ2v) is 5.26. The van der Waals surface area contributed by atoms with Gasteiger partial charge in [-0.25, -0.2) is 0 Å². The van der Waals surface area contributed by atoms with E-state index in [1.54, 1.807) is 24.2 Å². The topological polar surface area (TPSA) is 42.0 Å². The highest BCUT2D eigenvalue weighted by atomic mass is 32.2. The van der Waals surface area contributed by atoms with E-state index < -0.39 is 0 Å². The molecule has 0 radical (unpaired) electrons. The Bertz CT molecular complexity index is 557. The fourth-order valence-corrected chi connectivity index (χ4v) is 2.57. The molecular formula is C16H18N2OS. The van der Waals surface area contributed by atoms with E-state index >= 15 is 0 Å². The van der Waals surface area contributed by atoms with E-state index in [1.165, 1.54) is 5.56 Å². The Labute approximate surface area is 123 Å².